The fourth-order valence-electron chi connectivity index (χ4n) is 2.05. The number of carboxylic acid groups (broad SMARTS) is 1. The molecule has 0 radical (unpaired) electrons. The highest BCUT2D eigenvalue weighted by atomic mass is 19.1. The molecule has 0 aromatic heterocycles. The number of hydrogen-bond acceptors (Lipinski definition) is 1. The number of benzene rings is 2. The summed E-state index contributed by atoms with van der Waals surface area (Å²) in [6, 6.07) is 18.6. The Labute approximate surface area is 117 Å². The zero-order chi connectivity index (χ0) is 14.4. The maximum atomic E-state index is 13.8. The molecule has 0 heterocycles. The molecule has 3 heteroatoms. The van der Waals surface area contributed by atoms with Crippen LogP contribution in [-0.4, -0.2) is 11.1 Å². The van der Waals surface area contributed by atoms with Crippen LogP contribution in [0.1, 0.15) is 11.1 Å². The molecule has 0 aliphatic carbocycles. The molecule has 102 valence electrons. The second-order valence-corrected chi connectivity index (χ2v) is 4.55. The van der Waals surface area contributed by atoms with E-state index in [1.54, 1.807) is 0 Å². The van der Waals surface area contributed by atoms with E-state index in [1.807, 2.05) is 60.7 Å². The first-order valence-electron chi connectivity index (χ1n) is 6.35. The maximum absolute atomic E-state index is 13.8. The number of carbonyl (C=O) groups is 1. The lowest BCUT2D eigenvalue weighted by Gasteiger charge is -2.08. The Morgan fingerprint density at radius 3 is 1.60 bits per heavy atom. The molecule has 0 bridgehead atoms. The van der Waals surface area contributed by atoms with E-state index in [1.165, 1.54) is 0 Å². The lowest BCUT2D eigenvalue weighted by molar-refractivity contribution is -0.134. The summed E-state index contributed by atoms with van der Waals surface area (Å²) in [5.41, 5.74) is 2.08. The third-order valence-electron chi connectivity index (χ3n) is 3.02. The Bertz CT molecular complexity index is 560. The van der Waals surface area contributed by atoms with E-state index in [0.29, 0.717) is 12.8 Å². The van der Waals surface area contributed by atoms with E-state index in [-0.39, 0.29) is 5.57 Å². The number of aliphatic carboxylic acids is 1. The molecule has 0 atom stereocenters. The highest BCUT2D eigenvalue weighted by Crippen LogP contribution is 2.19. The van der Waals surface area contributed by atoms with Crippen LogP contribution in [0.2, 0.25) is 0 Å². The van der Waals surface area contributed by atoms with Crippen LogP contribution in [-0.2, 0) is 17.6 Å². The number of rotatable bonds is 5. The zero-order valence-electron chi connectivity index (χ0n) is 10.9. The van der Waals surface area contributed by atoms with Crippen molar-refractivity contribution in [3.05, 3.63) is 83.2 Å². The Balaban J connectivity index is 2.27. The molecule has 0 aliphatic heterocycles. The second-order valence-electron chi connectivity index (χ2n) is 4.55. The smallest absolute Gasteiger partial charge is 0.364 e. The monoisotopic (exact) mass is 270 g/mol. The fraction of sp³-hybridized carbons (Fsp3) is 0.118. The van der Waals surface area contributed by atoms with Gasteiger partial charge in [0.05, 0.1) is 0 Å². The van der Waals surface area contributed by atoms with Gasteiger partial charge in [0.2, 0.25) is 5.83 Å². The lowest BCUT2D eigenvalue weighted by atomic mass is 9.97. The molecule has 0 saturated carbocycles. The molecule has 0 saturated heterocycles. The second kappa shape index (κ2) is 6.66. The summed E-state index contributed by atoms with van der Waals surface area (Å²) in [4.78, 5) is 10.9. The molecular formula is C17H15FO2. The van der Waals surface area contributed by atoms with Crippen molar-refractivity contribution in [1.82, 2.24) is 0 Å². The summed E-state index contributed by atoms with van der Waals surface area (Å²) in [6.07, 6.45) is 0.599. The molecule has 1 N–H and O–H groups in total. The van der Waals surface area contributed by atoms with E-state index in [2.05, 4.69) is 0 Å². The normalized spacial score (nSPS) is 10.1. The van der Waals surface area contributed by atoms with Crippen LogP contribution in [0, 0.1) is 0 Å². The Morgan fingerprint density at radius 1 is 0.850 bits per heavy atom. The van der Waals surface area contributed by atoms with Gasteiger partial charge in [0.25, 0.3) is 0 Å². The van der Waals surface area contributed by atoms with Crippen LogP contribution >= 0.6 is 0 Å². The molecule has 2 nitrogen and oxygen atoms in total. The summed E-state index contributed by atoms with van der Waals surface area (Å²) in [5.74, 6) is -2.57. The number of hydrogen-bond donors (Lipinski definition) is 1. The predicted molar refractivity (Wildman–Crippen MR) is 76.1 cm³/mol. The quantitative estimate of drug-likeness (QED) is 0.839. The third kappa shape index (κ3) is 3.79. The van der Waals surface area contributed by atoms with Gasteiger partial charge in [-0.05, 0) is 29.5 Å². The van der Waals surface area contributed by atoms with Crippen molar-refractivity contribution >= 4 is 5.97 Å². The van der Waals surface area contributed by atoms with E-state index in [9.17, 15) is 9.18 Å². The predicted octanol–water partition coefficient (Wildman–Crippen LogP) is 3.78. The summed E-state index contributed by atoms with van der Waals surface area (Å²) in [7, 11) is 0. The summed E-state index contributed by atoms with van der Waals surface area (Å²) in [5, 5.41) is 8.88. The molecule has 0 spiro atoms. The Morgan fingerprint density at radius 2 is 1.25 bits per heavy atom. The van der Waals surface area contributed by atoms with Gasteiger partial charge in [-0.25, -0.2) is 4.79 Å². The topological polar surface area (TPSA) is 37.3 Å². The van der Waals surface area contributed by atoms with E-state index in [4.69, 9.17) is 5.11 Å². The molecular weight excluding hydrogens is 255 g/mol. The van der Waals surface area contributed by atoms with Gasteiger partial charge in [-0.3, -0.25) is 0 Å². The van der Waals surface area contributed by atoms with Crippen LogP contribution in [0.3, 0.4) is 0 Å². The van der Waals surface area contributed by atoms with E-state index >= 15 is 0 Å². The average molecular weight is 270 g/mol. The highest BCUT2D eigenvalue weighted by Gasteiger charge is 2.15. The maximum Gasteiger partial charge on any atom is 0.364 e. The molecule has 0 unspecified atom stereocenters. The molecule has 2 aromatic carbocycles. The molecule has 0 aliphatic rings. The van der Waals surface area contributed by atoms with Gasteiger partial charge in [0.1, 0.15) is 0 Å². The Kier molecular flexibility index (Phi) is 4.66. The van der Waals surface area contributed by atoms with Crippen LogP contribution in [0.5, 0.6) is 0 Å². The van der Waals surface area contributed by atoms with Gasteiger partial charge in [0, 0.05) is 0 Å². The molecule has 2 aromatic rings. The molecule has 0 amide bonds. The van der Waals surface area contributed by atoms with Crippen molar-refractivity contribution in [2.24, 2.45) is 0 Å². The van der Waals surface area contributed by atoms with Crippen molar-refractivity contribution in [2.75, 3.05) is 0 Å². The van der Waals surface area contributed by atoms with Gasteiger partial charge in [0.15, 0.2) is 0 Å². The fourth-order valence-corrected chi connectivity index (χ4v) is 2.05. The number of halogens is 1. The van der Waals surface area contributed by atoms with Gasteiger partial charge in [-0.1, -0.05) is 60.7 Å². The van der Waals surface area contributed by atoms with Crippen molar-refractivity contribution in [3.63, 3.8) is 0 Å². The number of allylic oxidation sites excluding steroid dienone is 1. The lowest BCUT2D eigenvalue weighted by Crippen LogP contribution is -2.05. The molecule has 0 fully saturated rings. The molecule has 2 rings (SSSR count). The van der Waals surface area contributed by atoms with Crippen LogP contribution in [0.25, 0.3) is 0 Å². The first kappa shape index (κ1) is 14.0. The standard InChI is InChI=1S/C17H15FO2/c18-16(17(19)20)15(11-13-7-3-1-4-8-13)12-14-9-5-2-6-10-14/h1-10H,11-12H2,(H,19,20). The minimum atomic E-state index is -1.51. The summed E-state index contributed by atoms with van der Waals surface area (Å²) in [6.45, 7) is 0. The average Bonchev–Trinajstić information content (AvgIpc) is 2.48. The minimum Gasteiger partial charge on any atom is -0.476 e. The first-order valence-corrected chi connectivity index (χ1v) is 6.35. The van der Waals surface area contributed by atoms with Crippen molar-refractivity contribution < 1.29 is 14.3 Å². The van der Waals surface area contributed by atoms with Gasteiger partial charge >= 0.3 is 5.97 Å². The summed E-state index contributed by atoms with van der Waals surface area (Å²) < 4.78 is 13.8. The summed E-state index contributed by atoms with van der Waals surface area (Å²) >= 11 is 0. The van der Waals surface area contributed by atoms with Gasteiger partial charge in [-0.15, -0.1) is 0 Å². The van der Waals surface area contributed by atoms with E-state index in [0.717, 1.165) is 11.1 Å². The first-order chi connectivity index (χ1) is 9.66. The van der Waals surface area contributed by atoms with Crippen LogP contribution in [0.4, 0.5) is 4.39 Å². The van der Waals surface area contributed by atoms with Crippen LogP contribution in [0.15, 0.2) is 72.1 Å². The highest BCUT2D eigenvalue weighted by molar-refractivity contribution is 5.85. The van der Waals surface area contributed by atoms with Crippen molar-refractivity contribution in [2.45, 2.75) is 12.8 Å². The largest absolute Gasteiger partial charge is 0.476 e. The minimum absolute atomic E-state index is 0.287. The Hall–Kier alpha value is -2.42. The molecule has 20 heavy (non-hydrogen) atoms. The third-order valence-corrected chi connectivity index (χ3v) is 3.02. The SMILES string of the molecule is O=C(O)C(F)=C(Cc1ccccc1)Cc1ccccc1. The zero-order valence-corrected chi connectivity index (χ0v) is 10.9. The van der Waals surface area contributed by atoms with Gasteiger partial charge < -0.3 is 5.11 Å². The van der Waals surface area contributed by atoms with Gasteiger partial charge in [-0.2, -0.15) is 4.39 Å². The van der Waals surface area contributed by atoms with Crippen molar-refractivity contribution in [1.29, 1.82) is 0 Å². The van der Waals surface area contributed by atoms with Crippen molar-refractivity contribution in [3.8, 4) is 0 Å². The van der Waals surface area contributed by atoms with E-state index < -0.39 is 11.8 Å². The van der Waals surface area contributed by atoms with Crippen LogP contribution < -0.4 is 0 Å². The number of carboxylic acids is 1.